The molecule has 0 spiro atoms. The van der Waals surface area contributed by atoms with Crippen LogP contribution >= 0.6 is 0 Å². The highest BCUT2D eigenvalue weighted by Gasteiger charge is 2.48. The standard InChI is InChI=1S/C35H49NO7/c1-2-35-25-17-22-30(43-35)21-14-9-7-5-3-4-6-8-11-18-28(37)19-12-10-13-20-29(38)24-27-42-34(41)31-23-15-16-26-36(31)33(40)32(35)39/h3-7,9-10,13,30-31H,2,8,11-12,14-27H2,1H3. The summed E-state index contributed by atoms with van der Waals surface area (Å²) in [4.78, 5) is 66.0. The highest BCUT2D eigenvalue weighted by molar-refractivity contribution is 6.39. The molecule has 3 rings (SSSR count). The highest BCUT2D eigenvalue weighted by Crippen LogP contribution is 2.35. The number of rotatable bonds is 1. The van der Waals surface area contributed by atoms with E-state index in [9.17, 15) is 24.0 Å². The number of nitrogens with zero attached hydrogens (tertiary/aromatic N) is 1. The van der Waals surface area contributed by atoms with Crippen molar-refractivity contribution < 1.29 is 33.4 Å². The van der Waals surface area contributed by atoms with Crippen molar-refractivity contribution in [2.45, 2.75) is 127 Å². The first-order valence-electron chi connectivity index (χ1n) is 16.2. The van der Waals surface area contributed by atoms with Gasteiger partial charge in [0.2, 0.25) is 0 Å². The maximum atomic E-state index is 13.7. The number of fused-ring (bicyclic) bond motifs is 3. The maximum Gasteiger partial charge on any atom is 0.328 e. The lowest BCUT2D eigenvalue weighted by molar-refractivity contribution is -0.177. The molecular formula is C35H49NO7. The zero-order chi connectivity index (χ0) is 30.9. The number of Topliss-reactive ketones (excluding diaryl/α,β-unsaturated/α-hetero) is 3. The number of carbonyl (C=O) groups is 5. The summed E-state index contributed by atoms with van der Waals surface area (Å²) in [6.45, 7) is 2.12. The molecule has 0 aromatic rings. The van der Waals surface area contributed by atoms with Crippen molar-refractivity contribution in [1.82, 2.24) is 4.90 Å². The van der Waals surface area contributed by atoms with E-state index in [4.69, 9.17) is 9.47 Å². The van der Waals surface area contributed by atoms with Gasteiger partial charge in [0.15, 0.2) is 0 Å². The molecule has 3 aliphatic heterocycles. The predicted octanol–water partition coefficient (Wildman–Crippen LogP) is 6.09. The lowest BCUT2D eigenvalue weighted by Crippen LogP contribution is -2.57. The van der Waals surface area contributed by atoms with Gasteiger partial charge < -0.3 is 14.4 Å². The molecule has 0 N–H and O–H groups in total. The van der Waals surface area contributed by atoms with Crippen LogP contribution in [0.4, 0.5) is 0 Å². The number of hydrogen-bond acceptors (Lipinski definition) is 7. The molecule has 2 bridgehead atoms. The minimum atomic E-state index is -1.17. The molecule has 0 aliphatic carbocycles. The molecule has 3 unspecified atom stereocenters. The number of amides is 1. The van der Waals surface area contributed by atoms with E-state index in [0.29, 0.717) is 51.5 Å². The molecule has 0 aromatic heterocycles. The summed E-state index contributed by atoms with van der Waals surface area (Å²) in [5.74, 6) is -1.68. The van der Waals surface area contributed by atoms with Crippen LogP contribution in [0.1, 0.15) is 110 Å². The molecule has 2 fully saturated rings. The van der Waals surface area contributed by atoms with Gasteiger partial charge in [0, 0.05) is 32.2 Å². The zero-order valence-corrected chi connectivity index (χ0v) is 25.8. The second kappa shape index (κ2) is 18.5. The normalized spacial score (nSPS) is 28.5. The second-order valence-electron chi connectivity index (χ2n) is 11.7. The van der Waals surface area contributed by atoms with Crippen molar-refractivity contribution in [3.05, 3.63) is 48.6 Å². The quantitative estimate of drug-likeness (QED) is 0.205. The smallest absolute Gasteiger partial charge is 0.328 e. The minimum absolute atomic E-state index is 0.0701. The van der Waals surface area contributed by atoms with E-state index in [1.165, 1.54) is 4.90 Å². The molecule has 3 heterocycles. The molecule has 43 heavy (non-hydrogen) atoms. The van der Waals surface area contributed by atoms with E-state index in [0.717, 1.165) is 44.9 Å². The molecule has 0 saturated carbocycles. The van der Waals surface area contributed by atoms with Crippen LogP contribution in [0.3, 0.4) is 0 Å². The van der Waals surface area contributed by atoms with E-state index < -0.39 is 29.3 Å². The van der Waals surface area contributed by atoms with Gasteiger partial charge >= 0.3 is 5.97 Å². The van der Waals surface area contributed by atoms with E-state index in [1.807, 2.05) is 37.3 Å². The molecule has 1 amide bonds. The first-order chi connectivity index (χ1) is 20.9. The average Bonchev–Trinajstić information content (AvgIpc) is 3.02. The molecule has 2 saturated heterocycles. The van der Waals surface area contributed by atoms with Crippen LogP contribution in [0.2, 0.25) is 0 Å². The zero-order valence-electron chi connectivity index (χ0n) is 25.8. The Bertz CT molecular complexity index is 1090. The molecule has 3 atom stereocenters. The van der Waals surface area contributed by atoms with Crippen molar-refractivity contribution in [3.8, 4) is 0 Å². The van der Waals surface area contributed by atoms with Gasteiger partial charge in [0.05, 0.1) is 12.7 Å². The number of cyclic esters (lactones) is 1. The Morgan fingerprint density at radius 1 is 0.767 bits per heavy atom. The number of ketones is 3. The Kier molecular flexibility index (Phi) is 14.8. The number of ether oxygens (including phenoxy) is 2. The summed E-state index contributed by atoms with van der Waals surface area (Å²) in [5.41, 5.74) is -1.17. The fourth-order valence-corrected chi connectivity index (χ4v) is 5.93. The third kappa shape index (κ3) is 11.1. The van der Waals surface area contributed by atoms with Gasteiger partial charge in [-0.15, -0.1) is 0 Å². The van der Waals surface area contributed by atoms with Crippen molar-refractivity contribution in [3.63, 3.8) is 0 Å². The number of allylic oxidation sites excluding steroid dienone is 8. The summed E-state index contributed by atoms with van der Waals surface area (Å²) in [5, 5.41) is 0. The Morgan fingerprint density at radius 2 is 1.56 bits per heavy atom. The van der Waals surface area contributed by atoms with Gasteiger partial charge in [-0.1, -0.05) is 55.5 Å². The van der Waals surface area contributed by atoms with Crippen molar-refractivity contribution >= 4 is 29.2 Å². The fourth-order valence-electron chi connectivity index (χ4n) is 5.93. The molecular weight excluding hydrogens is 546 g/mol. The maximum absolute atomic E-state index is 13.7. The van der Waals surface area contributed by atoms with E-state index in [2.05, 4.69) is 12.2 Å². The third-order valence-corrected chi connectivity index (χ3v) is 8.53. The molecule has 0 aromatic carbocycles. The van der Waals surface area contributed by atoms with Gasteiger partial charge in [0.25, 0.3) is 11.7 Å². The van der Waals surface area contributed by atoms with Crippen molar-refractivity contribution in [2.24, 2.45) is 0 Å². The number of esters is 1. The van der Waals surface area contributed by atoms with Gasteiger partial charge in [-0.05, 0) is 77.0 Å². The first-order valence-corrected chi connectivity index (χ1v) is 16.2. The third-order valence-electron chi connectivity index (χ3n) is 8.53. The number of carbonyl (C=O) groups excluding carboxylic acids is 5. The van der Waals surface area contributed by atoms with Gasteiger partial charge in [-0.2, -0.15) is 0 Å². The monoisotopic (exact) mass is 595 g/mol. The molecule has 3 aliphatic rings. The summed E-state index contributed by atoms with van der Waals surface area (Å²) in [6, 6.07) is -0.838. The van der Waals surface area contributed by atoms with Crippen LogP contribution in [-0.2, 0) is 33.4 Å². The summed E-state index contributed by atoms with van der Waals surface area (Å²) in [6.07, 6.45) is 25.0. The largest absolute Gasteiger partial charge is 0.464 e. The van der Waals surface area contributed by atoms with Gasteiger partial charge in [0.1, 0.15) is 23.2 Å². The lowest BCUT2D eigenvalue weighted by Gasteiger charge is -2.41. The van der Waals surface area contributed by atoms with Gasteiger partial charge in [-0.25, -0.2) is 4.79 Å². The van der Waals surface area contributed by atoms with Crippen LogP contribution in [0.5, 0.6) is 0 Å². The topological polar surface area (TPSA) is 107 Å². The molecule has 0 radical (unpaired) electrons. The van der Waals surface area contributed by atoms with E-state index in [1.54, 1.807) is 6.08 Å². The van der Waals surface area contributed by atoms with Crippen LogP contribution in [0.25, 0.3) is 0 Å². The lowest BCUT2D eigenvalue weighted by atomic mass is 9.83. The van der Waals surface area contributed by atoms with Crippen LogP contribution < -0.4 is 0 Å². The van der Waals surface area contributed by atoms with Crippen molar-refractivity contribution in [2.75, 3.05) is 13.2 Å². The Hall–Kier alpha value is -3.13. The van der Waals surface area contributed by atoms with E-state index in [-0.39, 0.29) is 37.1 Å². The van der Waals surface area contributed by atoms with Crippen LogP contribution in [0.15, 0.2) is 48.6 Å². The summed E-state index contributed by atoms with van der Waals surface area (Å²) in [7, 11) is 0. The van der Waals surface area contributed by atoms with Gasteiger partial charge in [-0.3, -0.25) is 19.2 Å². The Balaban J connectivity index is 1.68. The van der Waals surface area contributed by atoms with Crippen molar-refractivity contribution in [1.29, 1.82) is 0 Å². The predicted molar refractivity (Wildman–Crippen MR) is 165 cm³/mol. The molecule has 8 heteroatoms. The Morgan fingerprint density at radius 3 is 2.35 bits per heavy atom. The number of hydrogen-bond donors (Lipinski definition) is 0. The summed E-state index contributed by atoms with van der Waals surface area (Å²) < 4.78 is 11.8. The average molecular weight is 596 g/mol. The highest BCUT2D eigenvalue weighted by atomic mass is 16.5. The Labute approximate surface area is 256 Å². The van der Waals surface area contributed by atoms with Crippen LogP contribution in [0, 0.1) is 0 Å². The first kappa shape index (κ1) is 34.4. The molecule has 236 valence electrons. The fraction of sp³-hybridized carbons (Fsp3) is 0.629. The van der Waals surface area contributed by atoms with E-state index >= 15 is 0 Å². The summed E-state index contributed by atoms with van der Waals surface area (Å²) >= 11 is 0. The SMILES string of the molecule is CCC12CCCC(CCC=CC=CC=CCCCC(=O)CCC=CCC(=O)CCOC(=O)C3CCCCN3C(=O)C1=O)O2. The second-order valence-corrected chi connectivity index (χ2v) is 11.7. The minimum Gasteiger partial charge on any atom is -0.464 e. The van der Waals surface area contributed by atoms with Crippen LogP contribution in [-0.4, -0.2) is 65.0 Å². The molecule has 8 nitrogen and oxygen atoms in total. The number of piperidine rings is 1.